The molecule has 0 aliphatic rings. The highest BCUT2D eigenvalue weighted by Gasteiger charge is 1.91. The van der Waals surface area contributed by atoms with Gasteiger partial charge in [0.15, 0.2) is 0 Å². The molecule has 0 amide bonds. The SMILES string of the molecule is Cc1ccc(CCC=O)nc1. The molecular weight excluding hydrogens is 138 g/mol. The van der Waals surface area contributed by atoms with Crippen LogP contribution in [0.2, 0.25) is 0 Å². The normalized spacial score (nSPS) is 9.55. The van der Waals surface area contributed by atoms with E-state index in [4.69, 9.17) is 0 Å². The molecule has 0 aromatic carbocycles. The number of carbonyl (C=O) groups is 1. The minimum Gasteiger partial charge on any atom is -0.303 e. The van der Waals surface area contributed by atoms with Crippen molar-refractivity contribution in [1.82, 2.24) is 4.98 Å². The van der Waals surface area contributed by atoms with Crippen molar-refractivity contribution >= 4 is 6.29 Å². The molecule has 1 heterocycles. The van der Waals surface area contributed by atoms with Gasteiger partial charge in [-0.25, -0.2) is 0 Å². The van der Waals surface area contributed by atoms with E-state index in [2.05, 4.69) is 4.98 Å². The van der Waals surface area contributed by atoms with E-state index in [0.29, 0.717) is 6.42 Å². The number of aryl methyl sites for hydroxylation is 2. The monoisotopic (exact) mass is 149 g/mol. The molecule has 1 aromatic rings. The maximum Gasteiger partial charge on any atom is 0.120 e. The Bertz CT molecular complexity index is 228. The van der Waals surface area contributed by atoms with E-state index in [-0.39, 0.29) is 0 Å². The van der Waals surface area contributed by atoms with Crippen molar-refractivity contribution in [2.24, 2.45) is 0 Å². The van der Waals surface area contributed by atoms with E-state index in [1.165, 1.54) is 0 Å². The number of hydrogen-bond acceptors (Lipinski definition) is 2. The van der Waals surface area contributed by atoms with Gasteiger partial charge in [-0.05, 0) is 25.0 Å². The van der Waals surface area contributed by atoms with E-state index in [1.54, 1.807) is 0 Å². The van der Waals surface area contributed by atoms with E-state index < -0.39 is 0 Å². The van der Waals surface area contributed by atoms with Crippen LogP contribution < -0.4 is 0 Å². The number of pyridine rings is 1. The van der Waals surface area contributed by atoms with E-state index in [9.17, 15) is 4.79 Å². The quantitative estimate of drug-likeness (QED) is 0.610. The molecule has 0 fully saturated rings. The molecule has 0 spiro atoms. The lowest BCUT2D eigenvalue weighted by Gasteiger charge is -1.95. The second-order valence-corrected chi connectivity index (χ2v) is 2.53. The van der Waals surface area contributed by atoms with Gasteiger partial charge < -0.3 is 4.79 Å². The molecular formula is C9H11NO. The molecule has 1 rings (SSSR count). The molecule has 0 radical (unpaired) electrons. The van der Waals surface area contributed by atoms with Crippen LogP contribution in [0.3, 0.4) is 0 Å². The topological polar surface area (TPSA) is 30.0 Å². The second-order valence-electron chi connectivity index (χ2n) is 2.53. The molecule has 0 unspecified atom stereocenters. The highest BCUT2D eigenvalue weighted by Crippen LogP contribution is 1.99. The molecule has 0 saturated heterocycles. The van der Waals surface area contributed by atoms with Crippen molar-refractivity contribution in [1.29, 1.82) is 0 Å². The van der Waals surface area contributed by atoms with Crippen molar-refractivity contribution in [2.75, 3.05) is 0 Å². The lowest BCUT2D eigenvalue weighted by molar-refractivity contribution is -0.107. The van der Waals surface area contributed by atoms with E-state index in [0.717, 1.165) is 24.0 Å². The van der Waals surface area contributed by atoms with Gasteiger partial charge >= 0.3 is 0 Å². The van der Waals surface area contributed by atoms with Crippen molar-refractivity contribution < 1.29 is 4.79 Å². The van der Waals surface area contributed by atoms with Crippen molar-refractivity contribution in [3.63, 3.8) is 0 Å². The van der Waals surface area contributed by atoms with E-state index in [1.807, 2.05) is 25.3 Å². The summed E-state index contributed by atoms with van der Waals surface area (Å²) in [5, 5.41) is 0. The number of aldehydes is 1. The molecule has 0 N–H and O–H groups in total. The minimum atomic E-state index is 0.566. The summed E-state index contributed by atoms with van der Waals surface area (Å²) in [4.78, 5) is 14.2. The smallest absolute Gasteiger partial charge is 0.120 e. The summed E-state index contributed by atoms with van der Waals surface area (Å²) in [6.07, 6.45) is 4.06. The second kappa shape index (κ2) is 3.86. The van der Waals surface area contributed by atoms with Crippen LogP contribution in [0.4, 0.5) is 0 Å². The Labute approximate surface area is 66.3 Å². The largest absolute Gasteiger partial charge is 0.303 e. The average molecular weight is 149 g/mol. The average Bonchev–Trinajstić information content (AvgIpc) is 2.04. The molecule has 2 heteroatoms. The fourth-order valence-electron chi connectivity index (χ4n) is 0.853. The molecule has 0 atom stereocenters. The summed E-state index contributed by atoms with van der Waals surface area (Å²) < 4.78 is 0. The van der Waals surface area contributed by atoms with Gasteiger partial charge in [0, 0.05) is 18.3 Å². The fourth-order valence-corrected chi connectivity index (χ4v) is 0.853. The summed E-state index contributed by atoms with van der Waals surface area (Å²) in [7, 11) is 0. The van der Waals surface area contributed by atoms with Crippen LogP contribution >= 0.6 is 0 Å². The Kier molecular flexibility index (Phi) is 2.78. The first-order valence-corrected chi connectivity index (χ1v) is 3.68. The maximum absolute atomic E-state index is 10.0. The lowest BCUT2D eigenvalue weighted by atomic mass is 10.2. The predicted molar refractivity (Wildman–Crippen MR) is 43.4 cm³/mol. The summed E-state index contributed by atoms with van der Waals surface area (Å²) in [5.74, 6) is 0. The molecule has 0 bridgehead atoms. The van der Waals surface area contributed by atoms with Crippen LogP contribution in [0, 0.1) is 6.92 Å². The molecule has 0 aliphatic carbocycles. The van der Waals surface area contributed by atoms with Gasteiger partial charge in [0.2, 0.25) is 0 Å². The van der Waals surface area contributed by atoms with Gasteiger partial charge in [-0.2, -0.15) is 0 Å². The molecule has 58 valence electrons. The first-order chi connectivity index (χ1) is 5.33. The standard InChI is InChI=1S/C9H11NO/c1-8-4-5-9(10-7-8)3-2-6-11/h4-7H,2-3H2,1H3. The highest BCUT2D eigenvalue weighted by molar-refractivity contribution is 5.49. The van der Waals surface area contributed by atoms with Crippen LogP contribution in [-0.4, -0.2) is 11.3 Å². The van der Waals surface area contributed by atoms with Crippen molar-refractivity contribution in [3.05, 3.63) is 29.6 Å². The number of carbonyl (C=O) groups excluding carboxylic acids is 1. The third-order valence-electron chi connectivity index (χ3n) is 1.49. The number of nitrogens with zero attached hydrogens (tertiary/aromatic N) is 1. The van der Waals surface area contributed by atoms with Gasteiger partial charge in [0.25, 0.3) is 0 Å². The number of aromatic nitrogens is 1. The Morgan fingerprint density at radius 1 is 1.55 bits per heavy atom. The predicted octanol–water partition coefficient (Wildman–Crippen LogP) is 1.52. The molecule has 0 aliphatic heterocycles. The van der Waals surface area contributed by atoms with Crippen molar-refractivity contribution in [2.45, 2.75) is 19.8 Å². The summed E-state index contributed by atoms with van der Waals surface area (Å²) in [6, 6.07) is 3.96. The molecule has 11 heavy (non-hydrogen) atoms. The highest BCUT2D eigenvalue weighted by atomic mass is 16.1. The maximum atomic E-state index is 10.0. The first kappa shape index (κ1) is 7.92. The third-order valence-corrected chi connectivity index (χ3v) is 1.49. The lowest BCUT2D eigenvalue weighted by Crippen LogP contribution is -1.90. The van der Waals surface area contributed by atoms with Crippen LogP contribution in [0.5, 0.6) is 0 Å². The first-order valence-electron chi connectivity index (χ1n) is 3.68. The van der Waals surface area contributed by atoms with Crippen LogP contribution in [0.15, 0.2) is 18.3 Å². The van der Waals surface area contributed by atoms with Crippen LogP contribution in [0.1, 0.15) is 17.7 Å². The summed E-state index contributed by atoms with van der Waals surface area (Å²) in [5.41, 5.74) is 2.14. The molecule has 1 aromatic heterocycles. The minimum absolute atomic E-state index is 0.566. The van der Waals surface area contributed by atoms with Crippen molar-refractivity contribution in [3.8, 4) is 0 Å². The van der Waals surface area contributed by atoms with Gasteiger partial charge in [0.05, 0.1) is 0 Å². The van der Waals surface area contributed by atoms with Gasteiger partial charge in [-0.15, -0.1) is 0 Å². The number of hydrogen-bond donors (Lipinski definition) is 0. The Balaban J connectivity index is 2.58. The number of rotatable bonds is 3. The van der Waals surface area contributed by atoms with Crippen LogP contribution in [0.25, 0.3) is 0 Å². The third kappa shape index (κ3) is 2.50. The Morgan fingerprint density at radius 2 is 2.36 bits per heavy atom. The molecule has 0 saturated carbocycles. The van der Waals surface area contributed by atoms with Crippen LogP contribution in [-0.2, 0) is 11.2 Å². The zero-order valence-electron chi connectivity index (χ0n) is 6.58. The van der Waals surface area contributed by atoms with Gasteiger partial charge in [-0.3, -0.25) is 4.98 Å². The molecule has 2 nitrogen and oxygen atoms in total. The Hall–Kier alpha value is -1.18. The summed E-state index contributed by atoms with van der Waals surface area (Å²) >= 11 is 0. The zero-order valence-corrected chi connectivity index (χ0v) is 6.58. The summed E-state index contributed by atoms with van der Waals surface area (Å²) in [6.45, 7) is 2.00. The van der Waals surface area contributed by atoms with E-state index >= 15 is 0 Å². The van der Waals surface area contributed by atoms with Gasteiger partial charge in [0.1, 0.15) is 6.29 Å². The Morgan fingerprint density at radius 3 is 2.91 bits per heavy atom. The van der Waals surface area contributed by atoms with Gasteiger partial charge in [-0.1, -0.05) is 6.07 Å². The fraction of sp³-hybridized carbons (Fsp3) is 0.333. The zero-order chi connectivity index (χ0) is 8.10.